The standard InChI is InChI=1S/C17H27NO2/c1-2-3-4-5-6-12-19-16-9-7-15(8-10-16)17-14-18-11-13-20-17/h7-10,17-18H,2-6,11-14H2,1H3/t17-/m1/s1. The van der Waals surface area contributed by atoms with Crippen LogP contribution in [0.3, 0.4) is 0 Å². The maximum Gasteiger partial charge on any atom is 0.119 e. The van der Waals surface area contributed by atoms with Crippen LogP contribution in [0.4, 0.5) is 0 Å². The van der Waals surface area contributed by atoms with Crippen molar-refractivity contribution < 1.29 is 9.47 Å². The Kier molecular flexibility index (Phi) is 6.89. The summed E-state index contributed by atoms with van der Waals surface area (Å²) >= 11 is 0. The molecule has 0 aliphatic carbocycles. The summed E-state index contributed by atoms with van der Waals surface area (Å²) in [6, 6.07) is 8.34. The average Bonchev–Trinajstić information content (AvgIpc) is 2.52. The van der Waals surface area contributed by atoms with E-state index in [4.69, 9.17) is 9.47 Å². The molecule has 1 heterocycles. The van der Waals surface area contributed by atoms with Gasteiger partial charge in [0.15, 0.2) is 0 Å². The van der Waals surface area contributed by atoms with Crippen molar-refractivity contribution in [3.8, 4) is 5.75 Å². The zero-order chi connectivity index (χ0) is 14.0. The molecule has 1 atom stereocenters. The molecule has 1 saturated heterocycles. The molecule has 0 saturated carbocycles. The molecule has 3 nitrogen and oxygen atoms in total. The first kappa shape index (κ1) is 15.3. The largest absolute Gasteiger partial charge is 0.494 e. The topological polar surface area (TPSA) is 30.5 Å². The minimum atomic E-state index is 0.187. The molecule has 1 aromatic rings. The highest BCUT2D eigenvalue weighted by atomic mass is 16.5. The lowest BCUT2D eigenvalue weighted by Crippen LogP contribution is -2.33. The van der Waals surface area contributed by atoms with Crippen molar-refractivity contribution in [2.24, 2.45) is 0 Å². The van der Waals surface area contributed by atoms with Crippen LogP contribution in [0.1, 0.15) is 50.7 Å². The van der Waals surface area contributed by atoms with E-state index in [1.165, 1.54) is 31.2 Å². The van der Waals surface area contributed by atoms with Crippen molar-refractivity contribution in [2.45, 2.75) is 45.1 Å². The van der Waals surface area contributed by atoms with Crippen LogP contribution in [-0.4, -0.2) is 26.3 Å². The van der Waals surface area contributed by atoms with Crippen LogP contribution in [0.25, 0.3) is 0 Å². The Morgan fingerprint density at radius 2 is 1.95 bits per heavy atom. The summed E-state index contributed by atoms with van der Waals surface area (Å²) in [5.74, 6) is 0.966. The minimum Gasteiger partial charge on any atom is -0.494 e. The molecule has 0 bridgehead atoms. The molecule has 0 spiro atoms. The number of nitrogens with one attached hydrogen (secondary N) is 1. The molecule has 1 aromatic carbocycles. The Labute approximate surface area is 122 Å². The summed E-state index contributed by atoms with van der Waals surface area (Å²) in [5.41, 5.74) is 1.23. The second-order valence-corrected chi connectivity index (χ2v) is 5.40. The molecule has 0 unspecified atom stereocenters. The molecule has 1 fully saturated rings. The van der Waals surface area contributed by atoms with Crippen LogP contribution < -0.4 is 10.1 Å². The first-order valence-electron chi connectivity index (χ1n) is 7.95. The van der Waals surface area contributed by atoms with Gasteiger partial charge in [-0.3, -0.25) is 0 Å². The van der Waals surface area contributed by atoms with Gasteiger partial charge in [-0.15, -0.1) is 0 Å². The number of ether oxygens (including phenoxy) is 2. The molecule has 1 aliphatic rings. The van der Waals surface area contributed by atoms with Crippen molar-refractivity contribution in [1.29, 1.82) is 0 Å². The van der Waals surface area contributed by atoms with E-state index in [2.05, 4.69) is 36.5 Å². The van der Waals surface area contributed by atoms with Crippen LogP contribution in [0, 0.1) is 0 Å². The van der Waals surface area contributed by atoms with Gasteiger partial charge in [0.05, 0.1) is 19.3 Å². The fourth-order valence-corrected chi connectivity index (χ4v) is 2.45. The Bertz CT molecular complexity index is 358. The second kappa shape index (κ2) is 8.98. The Balaban J connectivity index is 1.68. The molecular weight excluding hydrogens is 250 g/mol. The van der Waals surface area contributed by atoms with Gasteiger partial charge < -0.3 is 14.8 Å². The molecule has 0 amide bonds. The fourth-order valence-electron chi connectivity index (χ4n) is 2.45. The van der Waals surface area contributed by atoms with Crippen molar-refractivity contribution in [3.05, 3.63) is 29.8 Å². The molecular formula is C17H27NO2. The van der Waals surface area contributed by atoms with E-state index in [1.54, 1.807) is 0 Å². The Morgan fingerprint density at radius 3 is 2.65 bits per heavy atom. The van der Waals surface area contributed by atoms with Gasteiger partial charge >= 0.3 is 0 Å². The first-order valence-corrected chi connectivity index (χ1v) is 7.95. The third-order valence-electron chi connectivity index (χ3n) is 3.70. The number of benzene rings is 1. The fraction of sp³-hybridized carbons (Fsp3) is 0.647. The highest BCUT2D eigenvalue weighted by Gasteiger charge is 2.15. The van der Waals surface area contributed by atoms with Crippen LogP contribution >= 0.6 is 0 Å². The third kappa shape index (κ3) is 5.14. The van der Waals surface area contributed by atoms with Gasteiger partial charge in [0.25, 0.3) is 0 Å². The summed E-state index contributed by atoms with van der Waals surface area (Å²) in [6.45, 7) is 5.71. The van der Waals surface area contributed by atoms with Gasteiger partial charge in [0, 0.05) is 13.1 Å². The van der Waals surface area contributed by atoms with Gasteiger partial charge in [-0.25, -0.2) is 0 Å². The van der Waals surface area contributed by atoms with Crippen LogP contribution in [0.5, 0.6) is 5.75 Å². The minimum absolute atomic E-state index is 0.187. The van der Waals surface area contributed by atoms with E-state index < -0.39 is 0 Å². The molecule has 3 heteroatoms. The monoisotopic (exact) mass is 277 g/mol. The van der Waals surface area contributed by atoms with E-state index in [0.29, 0.717) is 0 Å². The number of hydrogen-bond acceptors (Lipinski definition) is 3. The third-order valence-corrected chi connectivity index (χ3v) is 3.70. The van der Waals surface area contributed by atoms with Crippen LogP contribution in [0.15, 0.2) is 24.3 Å². The predicted octanol–water partition coefficient (Wildman–Crippen LogP) is 3.70. The van der Waals surface area contributed by atoms with E-state index in [1.807, 2.05) is 0 Å². The van der Waals surface area contributed by atoms with E-state index in [0.717, 1.165) is 38.5 Å². The van der Waals surface area contributed by atoms with Crippen LogP contribution in [0.2, 0.25) is 0 Å². The van der Waals surface area contributed by atoms with E-state index >= 15 is 0 Å². The van der Waals surface area contributed by atoms with E-state index in [-0.39, 0.29) is 6.10 Å². The highest BCUT2D eigenvalue weighted by molar-refractivity contribution is 5.29. The van der Waals surface area contributed by atoms with Crippen molar-refractivity contribution in [3.63, 3.8) is 0 Å². The lowest BCUT2D eigenvalue weighted by Gasteiger charge is -2.24. The quantitative estimate of drug-likeness (QED) is 0.735. The molecule has 0 radical (unpaired) electrons. The normalized spacial score (nSPS) is 18.9. The lowest BCUT2D eigenvalue weighted by atomic mass is 10.1. The zero-order valence-electron chi connectivity index (χ0n) is 12.6. The first-order chi connectivity index (χ1) is 9.90. The number of hydrogen-bond donors (Lipinski definition) is 1. The summed E-state index contributed by atoms with van der Waals surface area (Å²) in [7, 11) is 0. The molecule has 112 valence electrons. The number of rotatable bonds is 8. The highest BCUT2D eigenvalue weighted by Crippen LogP contribution is 2.21. The predicted molar refractivity (Wildman–Crippen MR) is 82.3 cm³/mol. The zero-order valence-corrected chi connectivity index (χ0v) is 12.6. The lowest BCUT2D eigenvalue weighted by molar-refractivity contribution is 0.0277. The molecule has 1 N–H and O–H groups in total. The molecule has 2 rings (SSSR count). The molecule has 1 aliphatic heterocycles. The number of unbranched alkanes of at least 4 members (excludes halogenated alkanes) is 4. The molecule has 20 heavy (non-hydrogen) atoms. The second-order valence-electron chi connectivity index (χ2n) is 5.40. The van der Waals surface area contributed by atoms with Crippen molar-refractivity contribution >= 4 is 0 Å². The smallest absolute Gasteiger partial charge is 0.119 e. The van der Waals surface area contributed by atoms with Crippen molar-refractivity contribution in [2.75, 3.05) is 26.3 Å². The summed E-state index contributed by atoms with van der Waals surface area (Å²) in [5, 5.41) is 3.35. The summed E-state index contributed by atoms with van der Waals surface area (Å²) < 4.78 is 11.5. The van der Waals surface area contributed by atoms with Gasteiger partial charge in [-0.1, -0.05) is 44.7 Å². The van der Waals surface area contributed by atoms with E-state index in [9.17, 15) is 0 Å². The van der Waals surface area contributed by atoms with Gasteiger partial charge in [-0.05, 0) is 24.1 Å². The van der Waals surface area contributed by atoms with Gasteiger partial charge in [0.2, 0.25) is 0 Å². The van der Waals surface area contributed by atoms with Crippen molar-refractivity contribution in [1.82, 2.24) is 5.32 Å². The van der Waals surface area contributed by atoms with Crippen LogP contribution in [-0.2, 0) is 4.74 Å². The Morgan fingerprint density at radius 1 is 1.15 bits per heavy atom. The maximum absolute atomic E-state index is 5.77. The van der Waals surface area contributed by atoms with Gasteiger partial charge in [-0.2, -0.15) is 0 Å². The number of morpholine rings is 1. The SMILES string of the molecule is CCCCCCCOc1ccc([C@H]2CNCCO2)cc1. The maximum atomic E-state index is 5.77. The average molecular weight is 277 g/mol. The summed E-state index contributed by atoms with van der Waals surface area (Å²) in [6.07, 6.45) is 6.56. The molecule has 0 aromatic heterocycles. The summed E-state index contributed by atoms with van der Waals surface area (Å²) in [4.78, 5) is 0. The Hall–Kier alpha value is -1.06. The van der Waals surface area contributed by atoms with Gasteiger partial charge in [0.1, 0.15) is 5.75 Å².